The van der Waals surface area contributed by atoms with Crippen LogP contribution in [0.4, 0.5) is 0 Å². The molecule has 0 aliphatic rings. The Bertz CT molecular complexity index is 827. The lowest BCUT2D eigenvalue weighted by molar-refractivity contribution is -0.606. The Morgan fingerprint density at radius 2 is 1.83 bits per heavy atom. The fourth-order valence-electron chi connectivity index (χ4n) is 2.72. The molecule has 0 atom stereocenters. The summed E-state index contributed by atoms with van der Waals surface area (Å²) in [6.45, 7) is 10.9. The first-order chi connectivity index (χ1) is 10.9. The molecule has 0 fully saturated rings. The van der Waals surface area contributed by atoms with Crippen LogP contribution in [0.25, 0.3) is 11.4 Å². The Balaban J connectivity index is 2.31. The van der Waals surface area contributed by atoms with Crippen molar-refractivity contribution in [2.24, 2.45) is 0 Å². The van der Waals surface area contributed by atoms with E-state index in [2.05, 4.69) is 60.7 Å². The summed E-state index contributed by atoms with van der Waals surface area (Å²) in [4.78, 5) is 4.42. The molecule has 0 N–H and O–H groups in total. The van der Waals surface area contributed by atoms with Crippen LogP contribution in [-0.4, -0.2) is 14.8 Å². The average molecular weight is 307 g/mol. The Kier molecular flexibility index (Phi) is 3.76. The van der Waals surface area contributed by atoms with Gasteiger partial charge in [0, 0.05) is 30.9 Å². The summed E-state index contributed by atoms with van der Waals surface area (Å²) in [5.74, 6) is 0.966. The normalized spacial score (nSPS) is 11.7. The summed E-state index contributed by atoms with van der Waals surface area (Å²) in [6, 6.07) is 8.41. The van der Waals surface area contributed by atoms with Crippen molar-refractivity contribution >= 4 is 0 Å². The molecular weight excluding hydrogens is 284 g/mol. The molecule has 0 aliphatic heterocycles. The molecule has 0 aliphatic carbocycles. The average Bonchev–Trinajstić information content (AvgIpc) is 3.01. The van der Waals surface area contributed by atoms with Gasteiger partial charge in [-0.05, 0) is 36.1 Å². The number of aryl methyl sites for hydroxylation is 1. The molecule has 118 valence electrons. The minimum atomic E-state index is 0.0566. The Morgan fingerprint density at radius 3 is 2.43 bits per heavy atom. The highest BCUT2D eigenvalue weighted by Gasteiger charge is 2.22. The summed E-state index contributed by atoms with van der Waals surface area (Å²) in [5, 5.41) is 4.42. The third kappa shape index (κ3) is 2.89. The molecule has 0 saturated carbocycles. The lowest BCUT2D eigenvalue weighted by atomic mass is 9.85. The molecule has 4 nitrogen and oxygen atoms in total. The summed E-state index contributed by atoms with van der Waals surface area (Å²) in [6.07, 6.45) is 7.68. The molecule has 0 spiro atoms. The van der Waals surface area contributed by atoms with E-state index in [9.17, 15) is 0 Å². The summed E-state index contributed by atoms with van der Waals surface area (Å²) in [5.41, 5.74) is 4.77. The number of aromatic nitrogens is 4. The fourth-order valence-corrected chi connectivity index (χ4v) is 2.72. The zero-order valence-corrected chi connectivity index (χ0v) is 14.4. The van der Waals surface area contributed by atoms with Gasteiger partial charge in [0.1, 0.15) is 18.1 Å². The lowest BCUT2D eigenvalue weighted by Gasteiger charge is -2.22. The van der Waals surface area contributed by atoms with Gasteiger partial charge in [-0.3, -0.25) is 0 Å². The van der Waals surface area contributed by atoms with Gasteiger partial charge < -0.3 is 0 Å². The number of rotatable bonds is 2. The molecule has 0 amide bonds. The minimum Gasteiger partial charge on any atom is -0.241 e. The first-order valence-corrected chi connectivity index (χ1v) is 7.87. The van der Waals surface area contributed by atoms with Crippen molar-refractivity contribution in [1.29, 1.82) is 0 Å². The topological polar surface area (TPSA) is 34.6 Å². The zero-order valence-electron chi connectivity index (χ0n) is 14.4. The molecule has 0 unspecified atom stereocenters. The maximum absolute atomic E-state index is 4.42. The highest BCUT2D eigenvalue weighted by Crippen LogP contribution is 2.29. The lowest BCUT2D eigenvalue weighted by Crippen LogP contribution is -2.36. The molecule has 3 aromatic rings. The predicted octanol–water partition coefficient (Wildman–Crippen LogP) is 3.46. The molecule has 0 saturated heterocycles. The third-order valence-corrected chi connectivity index (χ3v) is 4.16. The number of hydrogen-bond donors (Lipinski definition) is 0. The summed E-state index contributed by atoms with van der Waals surface area (Å²) < 4.78 is 4.07. The van der Waals surface area contributed by atoms with Gasteiger partial charge in [-0.15, -0.1) is 0 Å². The van der Waals surface area contributed by atoms with Gasteiger partial charge in [-0.25, -0.2) is 9.25 Å². The second-order valence-corrected chi connectivity index (χ2v) is 6.88. The van der Waals surface area contributed by atoms with Gasteiger partial charge in [0.15, 0.2) is 0 Å². The molecule has 4 heteroatoms. The van der Waals surface area contributed by atoms with E-state index < -0.39 is 0 Å². The van der Waals surface area contributed by atoms with Crippen LogP contribution in [-0.2, 0) is 5.41 Å². The first kappa shape index (κ1) is 15.4. The van der Waals surface area contributed by atoms with Crippen molar-refractivity contribution in [2.75, 3.05) is 0 Å². The summed E-state index contributed by atoms with van der Waals surface area (Å²) in [7, 11) is 0. The maximum atomic E-state index is 4.42. The molecule has 1 aromatic carbocycles. The van der Waals surface area contributed by atoms with E-state index in [4.69, 9.17) is 0 Å². The van der Waals surface area contributed by atoms with Crippen molar-refractivity contribution in [1.82, 2.24) is 14.8 Å². The van der Waals surface area contributed by atoms with Crippen LogP contribution in [0, 0.1) is 13.8 Å². The van der Waals surface area contributed by atoms with Crippen LogP contribution in [0.3, 0.4) is 0 Å². The Labute approximate surface area is 137 Å². The largest absolute Gasteiger partial charge is 0.300 e. The van der Waals surface area contributed by atoms with E-state index in [1.54, 1.807) is 0 Å². The SMILES string of the molecule is Cc1c(-n2cccn2)cc(C(C)(C)C)cc1-[n+]1cccnc1C. The maximum Gasteiger partial charge on any atom is 0.300 e. The highest BCUT2D eigenvalue weighted by molar-refractivity contribution is 5.53. The molecule has 0 bridgehead atoms. The number of hydrogen-bond acceptors (Lipinski definition) is 2. The van der Waals surface area contributed by atoms with Crippen LogP contribution in [0.15, 0.2) is 49.1 Å². The minimum absolute atomic E-state index is 0.0566. The van der Waals surface area contributed by atoms with E-state index in [0.717, 1.165) is 17.2 Å². The first-order valence-electron chi connectivity index (χ1n) is 7.87. The third-order valence-electron chi connectivity index (χ3n) is 4.16. The van der Waals surface area contributed by atoms with Crippen molar-refractivity contribution in [3.8, 4) is 11.4 Å². The number of nitrogens with zero attached hydrogens (tertiary/aromatic N) is 4. The van der Waals surface area contributed by atoms with Gasteiger partial charge >= 0.3 is 0 Å². The van der Waals surface area contributed by atoms with E-state index >= 15 is 0 Å². The van der Waals surface area contributed by atoms with Crippen LogP contribution in [0.2, 0.25) is 0 Å². The molecular formula is C19H23N4+. The zero-order chi connectivity index (χ0) is 16.6. The second kappa shape index (κ2) is 5.61. The Hall–Kier alpha value is -2.49. The molecule has 2 aromatic heterocycles. The van der Waals surface area contributed by atoms with Crippen LogP contribution < -0.4 is 4.57 Å². The Morgan fingerprint density at radius 1 is 1.04 bits per heavy atom. The predicted molar refractivity (Wildman–Crippen MR) is 91.1 cm³/mol. The van der Waals surface area contributed by atoms with Gasteiger partial charge in [-0.2, -0.15) is 5.10 Å². The highest BCUT2D eigenvalue weighted by atomic mass is 15.3. The van der Waals surface area contributed by atoms with Crippen molar-refractivity contribution in [3.63, 3.8) is 0 Å². The van der Waals surface area contributed by atoms with Gasteiger partial charge in [-0.1, -0.05) is 25.8 Å². The van der Waals surface area contributed by atoms with Crippen molar-refractivity contribution < 1.29 is 4.57 Å². The molecule has 0 radical (unpaired) electrons. The quantitative estimate of drug-likeness (QED) is 0.680. The molecule has 23 heavy (non-hydrogen) atoms. The van der Waals surface area contributed by atoms with E-state index in [1.807, 2.05) is 42.3 Å². The van der Waals surface area contributed by atoms with Gasteiger partial charge in [0.25, 0.3) is 5.82 Å². The van der Waals surface area contributed by atoms with Crippen LogP contribution in [0.1, 0.15) is 37.7 Å². The number of benzene rings is 1. The fraction of sp³-hybridized carbons (Fsp3) is 0.316. The standard InChI is InChI=1S/C19H23N4/c1-14-17(22-10-6-8-20-15(22)2)12-16(19(3,4)5)13-18(14)23-11-7-9-21-23/h6-13H,1-5H3/q+1. The van der Waals surface area contributed by atoms with Crippen LogP contribution >= 0.6 is 0 Å². The van der Waals surface area contributed by atoms with E-state index in [0.29, 0.717) is 0 Å². The molecule has 3 rings (SSSR count). The van der Waals surface area contributed by atoms with Gasteiger partial charge in [0.2, 0.25) is 0 Å². The molecule has 2 heterocycles. The monoisotopic (exact) mass is 307 g/mol. The smallest absolute Gasteiger partial charge is 0.241 e. The van der Waals surface area contributed by atoms with Crippen molar-refractivity contribution in [3.05, 3.63) is 66.0 Å². The van der Waals surface area contributed by atoms with Crippen LogP contribution in [0.5, 0.6) is 0 Å². The van der Waals surface area contributed by atoms with Gasteiger partial charge in [0.05, 0.1) is 5.69 Å². The van der Waals surface area contributed by atoms with Crippen molar-refractivity contribution in [2.45, 2.75) is 40.0 Å². The van der Waals surface area contributed by atoms with E-state index in [-0.39, 0.29) is 5.41 Å². The summed E-state index contributed by atoms with van der Waals surface area (Å²) >= 11 is 0. The van der Waals surface area contributed by atoms with E-state index in [1.165, 1.54) is 11.1 Å². The second-order valence-electron chi connectivity index (χ2n) is 6.88.